The van der Waals surface area contributed by atoms with Crippen LogP contribution in [-0.4, -0.2) is 32.6 Å². The van der Waals surface area contributed by atoms with Crippen LogP contribution in [0.3, 0.4) is 0 Å². The smallest absolute Gasteiger partial charge is 0.240 e. The highest BCUT2D eigenvalue weighted by molar-refractivity contribution is 8.00. The van der Waals surface area contributed by atoms with E-state index in [-0.39, 0.29) is 11.9 Å². The van der Waals surface area contributed by atoms with E-state index in [1.54, 1.807) is 0 Å². The summed E-state index contributed by atoms with van der Waals surface area (Å²) in [5.41, 5.74) is 7.53. The molecular formula is C22H25N5O2S. The molecule has 1 aromatic heterocycles. The topological polar surface area (TPSA) is 81.1 Å². The molecule has 1 amide bonds. The molecule has 0 aliphatic carbocycles. The van der Waals surface area contributed by atoms with Crippen LogP contribution < -0.4 is 15.5 Å². The Morgan fingerprint density at radius 1 is 1.13 bits per heavy atom. The maximum absolute atomic E-state index is 13.3. The van der Waals surface area contributed by atoms with Crippen molar-refractivity contribution in [3.05, 3.63) is 65.0 Å². The molecule has 0 fully saturated rings. The van der Waals surface area contributed by atoms with Gasteiger partial charge in [0.25, 0.3) is 0 Å². The molecule has 156 valence electrons. The van der Waals surface area contributed by atoms with Crippen molar-refractivity contribution in [2.45, 2.75) is 44.1 Å². The Labute approximate surface area is 180 Å². The first-order chi connectivity index (χ1) is 14.5. The summed E-state index contributed by atoms with van der Waals surface area (Å²) in [7, 11) is 0. The van der Waals surface area contributed by atoms with E-state index in [2.05, 4.69) is 27.9 Å². The summed E-state index contributed by atoms with van der Waals surface area (Å²) in [5.74, 6) is 1.48. The SMILES string of the molecule is CCOc1ccc([C@@H]2Nn3c(C)nnc3S[C@H]2C(=O)Nc2ccc(C)c(C)c2)cc1. The van der Waals surface area contributed by atoms with Crippen molar-refractivity contribution in [1.29, 1.82) is 0 Å². The molecule has 0 unspecified atom stereocenters. The Kier molecular flexibility index (Phi) is 5.67. The molecule has 30 heavy (non-hydrogen) atoms. The zero-order valence-corrected chi connectivity index (χ0v) is 18.3. The monoisotopic (exact) mass is 423 g/mol. The van der Waals surface area contributed by atoms with E-state index >= 15 is 0 Å². The quantitative estimate of drug-likeness (QED) is 0.646. The predicted molar refractivity (Wildman–Crippen MR) is 119 cm³/mol. The Balaban J connectivity index is 1.63. The van der Waals surface area contributed by atoms with E-state index in [9.17, 15) is 4.79 Å². The van der Waals surface area contributed by atoms with Gasteiger partial charge in [0, 0.05) is 5.69 Å². The molecule has 7 nitrogen and oxygen atoms in total. The summed E-state index contributed by atoms with van der Waals surface area (Å²) in [6, 6.07) is 13.5. The molecule has 1 aliphatic rings. The van der Waals surface area contributed by atoms with Crippen LogP contribution in [0.4, 0.5) is 5.69 Å². The predicted octanol–water partition coefficient (Wildman–Crippen LogP) is 4.00. The standard InChI is InChI=1S/C22H25N5O2S/c1-5-29-18-10-7-16(8-11-18)19-20(30-22-25-24-15(4)27(22)26-19)21(28)23-17-9-6-13(2)14(3)12-17/h6-12,19-20,26H,5H2,1-4H3,(H,23,28)/t19-,20+/m0/s1. The van der Waals surface area contributed by atoms with Crippen molar-refractivity contribution in [3.8, 4) is 5.75 Å². The van der Waals surface area contributed by atoms with E-state index in [0.29, 0.717) is 11.8 Å². The number of benzene rings is 2. The van der Waals surface area contributed by atoms with Crippen molar-refractivity contribution in [1.82, 2.24) is 14.9 Å². The van der Waals surface area contributed by atoms with Crippen molar-refractivity contribution < 1.29 is 9.53 Å². The summed E-state index contributed by atoms with van der Waals surface area (Å²) in [5, 5.41) is 11.7. The first kappa shape index (κ1) is 20.3. The molecule has 0 saturated carbocycles. The number of hydrogen-bond acceptors (Lipinski definition) is 6. The number of carbonyl (C=O) groups excluding carboxylic acids is 1. The van der Waals surface area contributed by atoms with Crippen molar-refractivity contribution in [3.63, 3.8) is 0 Å². The summed E-state index contributed by atoms with van der Waals surface area (Å²) in [6.07, 6.45) is 0. The zero-order valence-electron chi connectivity index (χ0n) is 17.5. The van der Waals surface area contributed by atoms with Crippen LogP contribution in [0.15, 0.2) is 47.6 Å². The van der Waals surface area contributed by atoms with Crippen molar-refractivity contribution >= 4 is 23.4 Å². The molecule has 2 aromatic carbocycles. The van der Waals surface area contributed by atoms with Crippen LogP contribution >= 0.6 is 11.8 Å². The summed E-state index contributed by atoms with van der Waals surface area (Å²) in [4.78, 5) is 13.3. The van der Waals surface area contributed by atoms with Crippen LogP contribution in [0.2, 0.25) is 0 Å². The second-order valence-electron chi connectivity index (χ2n) is 7.30. The van der Waals surface area contributed by atoms with Gasteiger partial charge in [0.15, 0.2) is 0 Å². The number of amides is 1. The van der Waals surface area contributed by atoms with Crippen LogP contribution in [-0.2, 0) is 4.79 Å². The van der Waals surface area contributed by atoms with Crippen molar-refractivity contribution in [2.24, 2.45) is 0 Å². The molecule has 1 aliphatic heterocycles. The van der Waals surface area contributed by atoms with Gasteiger partial charge in [-0.25, -0.2) is 4.68 Å². The largest absolute Gasteiger partial charge is 0.494 e. The molecule has 3 aromatic rings. The Hall–Kier alpha value is -3.00. The van der Waals surface area contributed by atoms with Gasteiger partial charge in [-0.1, -0.05) is 30.0 Å². The fourth-order valence-electron chi connectivity index (χ4n) is 3.38. The maximum atomic E-state index is 13.3. The lowest BCUT2D eigenvalue weighted by molar-refractivity contribution is -0.116. The number of ether oxygens (including phenoxy) is 1. The summed E-state index contributed by atoms with van der Waals surface area (Å²) in [6.45, 7) is 8.54. The first-order valence-electron chi connectivity index (χ1n) is 9.92. The second-order valence-corrected chi connectivity index (χ2v) is 8.41. The first-order valence-corrected chi connectivity index (χ1v) is 10.8. The van der Waals surface area contributed by atoms with Gasteiger partial charge in [0.05, 0.1) is 12.6 Å². The Morgan fingerprint density at radius 3 is 2.60 bits per heavy atom. The molecule has 0 bridgehead atoms. The van der Waals surface area contributed by atoms with Gasteiger partial charge in [-0.2, -0.15) is 0 Å². The Morgan fingerprint density at radius 2 is 1.90 bits per heavy atom. The average Bonchev–Trinajstić information content (AvgIpc) is 3.11. The number of carbonyl (C=O) groups is 1. The number of nitrogens with zero attached hydrogens (tertiary/aromatic N) is 3. The van der Waals surface area contributed by atoms with Gasteiger partial charge >= 0.3 is 0 Å². The number of anilines is 1. The number of nitrogens with one attached hydrogen (secondary N) is 2. The number of hydrogen-bond donors (Lipinski definition) is 2. The van der Waals surface area contributed by atoms with E-state index in [4.69, 9.17) is 4.74 Å². The van der Waals surface area contributed by atoms with Gasteiger partial charge in [-0.15, -0.1) is 10.2 Å². The highest BCUT2D eigenvalue weighted by Crippen LogP contribution is 2.38. The van der Waals surface area contributed by atoms with Crippen LogP contribution in [0.25, 0.3) is 0 Å². The molecule has 2 heterocycles. The minimum Gasteiger partial charge on any atom is -0.494 e. The third-order valence-electron chi connectivity index (χ3n) is 5.18. The molecule has 0 radical (unpaired) electrons. The fraction of sp³-hybridized carbons (Fsp3) is 0.318. The molecule has 4 rings (SSSR count). The van der Waals surface area contributed by atoms with Crippen LogP contribution in [0, 0.1) is 20.8 Å². The van der Waals surface area contributed by atoms with Gasteiger partial charge < -0.3 is 15.5 Å². The molecule has 0 spiro atoms. The van der Waals surface area contributed by atoms with E-state index < -0.39 is 5.25 Å². The van der Waals surface area contributed by atoms with Crippen LogP contribution in [0.5, 0.6) is 5.75 Å². The third kappa shape index (κ3) is 4.00. The number of aryl methyl sites for hydroxylation is 3. The minimum absolute atomic E-state index is 0.0819. The van der Waals surface area contributed by atoms with Gasteiger partial charge in [-0.05, 0) is 68.7 Å². The molecule has 0 saturated heterocycles. The highest BCUT2D eigenvalue weighted by Gasteiger charge is 2.37. The lowest BCUT2D eigenvalue weighted by atomic mass is 10.0. The second kappa shape index (κ2) is 8.39. The Bertz CT molecular complexity index is 1060. The average molecular weight is 424 g/mol. The highest BCUT2D eigenvalue weighted by atomic mass is 32.2. The molecular weight excluding hydrogens is 398 g/mol. The van der Waals surface area contributed by atoms with Gasteiger partial charge in [-0.3, -0.25) is 4.79 Å². The normalized spacial score (nSPS) is 17.7. The summed E-state index contributed by atoms with van der Waals surface area (Å²) >= 11 is 1.41. The van der Waals surface area contributed by atoms with Crippen LogP contribution in [0.1, 0.15) is 35.5 Å². The van der Waals surface area contributed by atoms with Crippen molar-refractivity contribution in [2.75, 3.05) is 17.3 Å². The van der Waals surface area contributed by atoms with Gasteiger partial charge in [0.1, 0.15) is 16.8 Å². The van der Waals surface area contributed by atoms with E-state index in [1.165, 1.54) is 17.3 Å². The minimum atomic E-state index is -0.416. The molecule has 2 atom stereocenters. The summed E-state index contributed by atoms with van der Waals surface area (Å²) < 4.78 is 7.39. The number of rotatable bonds is 5. The van der Waals surface area contributed by atoms with E-state index in [0.717, 1.165) is 28.4 Å². The van der Waals surface area contributed by atoms with E-state index in [1.807, 2.05) is 67.9 Å². The number of thioether (sulfide) groups is 1. The maximum Gasteiger partial charge on any atom is 0.240 e. The molecule has 8 heteroatoms. The lowest BCUT2D eigenvalue weighted by Crippen LogP contribution is -2.41. The third-order valence-corrected chi connectivity index (χ3v) is 6.40. The molecule has 2 N–H and O–H groups in total. The number of fused-ring (bicyclic) bond motifs is 1. The van der Waals surface area contributed by atoms with Gasteiger partial charge in [0.2, 0.25) is 11.1 Å². The fourth-order valence-corrected chi connectivity index (χ4v) is 4.51. The lowest BCUT2D eigenvalue weighted by Gasteiger charge is -2.32. The number of aromatic nitrogens is 3. The zero-order chi connectivity index (χ0) is 21.3.